The molecule has 0 aliphatic heterocycles. The Balaban J connectivity index is 0.000000162. The molecule has 0 aliphatic rings. The summed E-state index contributed by atoms with van der Waals surface area (Å²) in [6.07, 6.45) is 0. The number of nitrogens with zero attached hydrogens (tertiary/aromatic N) is 1. The van der Waals surface area contributed by atoms with Gasteiger partial charge < -0.3 is 0 Å². The third kappa shape index (κ3) is 4.61. The summed E-state index contributed by atoms with van der Waals surface area (Å²) in [6.45, 7) is 2.03. The van der Waals surface area contributed by atoms with Crippen LogP contribution in [0.4, 0.5) is 0 Å². The van der Waals surface area contributed by atoms with Crippen molar-refractivity contribution in [1.29, 1.82) is 0 Å². The second kappa shape index (κ2) is 7.32. The number of aromatic nitrogens is 1. The number of aryl methyl sites for hydroxylation is 1. The second-order valence-corrected chi connectivity index (χ2v) is 7.67. The summed E-state index contributed by atoms with van der Waals surface area (Å²) in [5.74, 6) is 0. The van der Waals surface area contributed by atoms with Crippen molar-refractivity contribution in [3.8, 4) is 0 Å². The molecule has 0 unspecified atom stereocenters. The molecule has 0 aliphatic carbocycles. The maximum Gasteiger partial charge on any atom is 0.294 e. The average molecular weight is 400 g/mol. The van der Waals surface area contributed by atoms with E-state index in [-0.39, 0.29) is 4.90 Å². The molecule has 22 heavy (non-hydrogen) atoms. The highest BCUT2D eigenvalue weighted by atomic mass is 79.9. The smallest absolute Gasteiger partial charge is 0.282 e. The van der Waals surface area contributed by atoms with Crippen molar-refractivity contribution in [1.82, 2.24) is 4.98 Å². The van der Waals surface area contributed by atoms with Gasteiger partial charge in [0, 0.05) is 5.33 Å². The number of benzene rings is 2. The number of alkyl halides is 1. The topological polar surface area (TPSA) is 67.3 Å². The van der Waals surface area contributed by atoms with Crippen molar-refractivity contribution < 1.29 is 13.0 Å². The Morgan fingerprint density at radius 1 is 1.14 bits per heavy atom. The number of hydrogen-bond acceptors (Lipinski definition) is 4. The van der Waals surface area contributed by atoms with Crippen LogP contribution in [0.1, 0.15) is 10.6 Å². The van der Waals surface area contributed by atoms with Crippen LogP contribution >= 0.6 is 27.3 Å². The highest BCUT2D eigenvalue weighted by Crippen LogP contribution is 2.19. The van der Waals surface area contributed by atoms with E-state index < -0.39 is 10.1 Å². The Kier molecular flexibility index (Phi) is 5.69. The van der Waals surface area contributed by atoms with Crippen LogP contribution in [-0.2, 0) is 15.4 Å². The summed E-state index contributed by atoms with van der Waals surface area (Å²) in [4.78, 5) is 4.26. The van der Waals surface area contributed by atoms with Gasteiger partial charge in [-0.05, 0) is 36.8 Å². The molecule has 0 saturated heterocycles. The molecule has 4 nitrogen and oxygen atoms in total. The van der Waals surface area contributed by atoms with Crippen LogP contribution in [0.5, 0.6) is 0 Å². The fourth-order valence-electron chi connectivity index (χ4n) is 1.74. The highest BCUT2D eigenvalue weighted by Gasteiger charge is 2.07. The number of thiazole rings is 1. The standard InChI is InChI=1S/C8H7NS.C7H7BrO3S/c1-6-9-7-4-2-3-5-8(7)10-6;8-5-6-1-3-7(4-2-6)12(9,10)11/h2-5H,1H3;1-4H,5H2,(H,9,10,11). The molecule has 2 aromatic carbocycles. The fourth-order valence-corrected chi connectivity index (χ4v) is 3.42. The number of rotatable bonds is 2. The van der Waals surface area contributed by atoms with E-state index in [4.69, 9.17) is 4.55 Å². The van der Waals surface area contributed by atoms with Gasteiger partial charge in [-0.2, -0.15) is 8.42 Å². The van der Waals surface area contributed by atoms with Crippen LogP contribution in [0, 0.1) is 6.92 Å². The van der Waals surface area contributed by atoms with Gasteiger partial charge in [-0.1, -0.05) is 40.2 Å². The van der Waals surface area contributed by atoms with Crippen molar-refractivity contribution in [2.75, 3.05) is 0 Å². The van der Waals surface area contributed by atoms with E-state index in [9.17, 15) is 8.42 Å². The van der Waals surface area contributed by atoms with E-state index in [1.807, 2.05) is 25.1 Å². The predicted octanol–water partition coefficient (Wildman–Crippen LogP) is 4.43. The third-order valence-corrected chi connectivity index (χ3v) is 5.24. The maximum atomic E-state index is 10.6. The molecular weight excluding hydrogens is 386 g/mol. The third-order valence-electron chi connectivity index (χ3n) is 2.78. The lowest BCUT2D eigenvalue weighted by molar-refractivity contribution is 0.483. The molecular formula is C15H14BrNO3S2. The zero-order chi connectivity index (χ0) is 16.2. The number of para-hydroxylation sites is 1. The Morgan fingerprint density at radius 3 is 2.32 bits per heavy atom. The summed E-state index contributed by atoms with van der Waals surface area (Å²) >= 11 is 4.96. The van der Waals surface area contributed by atoms with Gasteiger partial charge in [0.25, 0.3) is 10.1 Å². The van der Waals surface area contributed by atoms with Crippen LogP contribution in [0.2, 0.25) is 0 Å². The normalized spacial score (nSPS) is 11.0. The van der Waals surface area contributed by atoms with Crippen LogP contribution in [0.3, 0.4) is 0 Å². The van der Waals surface area contributed by atoms with Gasteiger partial charge in [0.05, 0.1) is 20.1 Å². The van der Waals surface area contributed by atoms with Crippen molar-refractivity contribution in [2.45, 2.75) is 17.1 Å². The fraction of sp³-hybridized carbons (Fsp3) is 0.133. The molecule has 0 amide bonds. The van der Waals surface area contributed by atoms with Crippen LogP contribution in [-0.4, -0.2) is 18.0 Å². The predicted molar refractivity (Wildman–Crippen MR) is 93.2 cm³/mol. The lowest BCUT2D eigenvalue weighted by Crippen LogP contribution is -1.97. The van der Waals surface area contributed by atoms with Crippen molar-refractivity contribution in [3.63, 3.8) is 0 Å². The molecule has 116 valence electrons. The second-order valence-electron chi connectivity index (χ2n) is 4.45. The average Bonchev–Trinajstić information content (AvgIpc) is 2.87. The summed E-state index contributed by atoms with van der Waals surface area (Å²) in [5.41, 5.74) is 2.08. The van der Waals surface area contributed by atoms with Gasteiger partial charge in [0.2, 0.25) is 0 Å². The van der Waals surface area contributed by atoms with E-state index in [0.717, 1.165) is 16.1 Å². The Morgan fingerprint density at radius 2 is 1.77 bits per heavy atom. The Hall–Kier alpha value is -1.28. The molecule has 3 aromatic rings. The van der Waals surface area contributed by atoms with Gasteiger partial charge in [0.15, 0.2) is 0 Å². The zero-order valence-corrected chi connectivity index (χ0v) is 15.0. The minimum absolute atomic E-state index is 0.0767. The maximum absolute atomic E-state index is 10.6. The minimum Gasteiger partial charge on any atom is -0.282 e. The van der Waals surface area contributed by atoms with E-state index in [2.05, 4.69) is 27.0 Å². The number of hydrogen-bond donors (Lipinski definition) is 1. The van der Waals surface area contributed by atoms with Gasteiger partial charge in [-0.15, -0.1) is 11.3 Å². The van der Waals surface area contributed by atoms with Gasteiger partial charge >= 0.3 is 0 Å². The monoisotopic (exact) mass is 399 g/mol. The van der Waals surface area contributed by atoms with Crippen molar-refractivity contribution in [2.24, 2.45) is 0 Å². The molecule has 0 bridgehead atoms. The summed E-state index contributed by atoms with van der Waals surface area (Å²) in [7, 11) is -4.04. The first-order valence-electron chi connectivity index (χ1n) is 6.35. The lowest BCUT2D eigenvalue weighted by Gasteiger charge is -1.97. The highest BCUT2D eigenvalue weighted by molar-refractivity contribution is 9.08. The zero-order valence-electron chi connectivity index (χ0n) is 11.7. The van der Waals surface area contributed by atoms with Gasteiger partial charge in [0.1, 0.15) is 0 Å². The van der Waals surface area contributed by atoms with Crippen LogP contribution in [0.25, 0.3) is 10.2 Å². The van der Waals surface area contributed by atoms with E-state index in [1.54, 1.807) is 23.5 Å². The van der Waals surface area contributed by atoms with Crippen molar-refractivity contribution in [3.05, 3.63) is 59.1 Å². The summed E-state index contributed by atoms with van der Waals surface area (Å²) in [6, 6.07) is 14.2. The molecule has 7 heteroatoms. The first kappa shape index (κ1) is 17.1. The first-order valence-corrected chi connectivity index (χ1v) is 9.72. The molecule has 0 spiro atoms. The first-order chi connectivity index (χ1) is 10.4. The Labute approximate surface area is 141 Å². The largest absolute Gasteiger partial charge is 0.294 e. The van der Waals surface area contributed by atoms with Crippen LogP contribution in [0.15, 0.2) is 53.4 Å². The minimum atomic E-state index is -4.04. The number of halogens is 1. The molecule has 0 radical (unpaired) electrons. The summed E-state index contributed by atoms with van der Waals surface area (Å²) in [5, 5.41) is 1.81. The molecule has 0 atom stereocenters. The van der Waals surface area contributed by atoms with Crippen LogP contribution < -0.4 is 0 Å². The molecule has 1 aromatic heterocycles. The SMILES string of the molecule is Cc1nc2ccccc2s1.O=S(=O)(O)c1ccc(CBr)cc1. The van der Waals surface area contributed by atoms with Crippen molar-refractivity contribution >= 4 is 47.6 Å². The Bertz CT molecular complexity index is 825. The molecule has 0 fully saturated rings. The van der Waals surface area contributed by atoms with E-state index >= 15 is 0 Å². The molecule has 3 rings (SSSR count). The quantitative estimate of drug-likeness (QED) is 0.510. The van der Waals surface area contributed by atoms with E-state index in [1.165, 1.54) is 16.8 Å². The summed E-state index contributed by atoms with van der Waals surface area (Å²) < 4.78 is 31.0. The molecule has 1 heterocycles. The lowest BCUT2D eigenvalue weighted by atomic mass is 10.2. The number of fused-ring (bicyclic) bond motifs is 1. The molecule has 1 N–H and O–H groups in total. The molecule has 0 saturated carbocycles. The van der Waals surface area contributed by atoms with E-state index in [0.29, 0.717) is 5.33 Å². The van der Waals surface area contributed by atoms with Gasteiger partial charge in [-0.25, -0.2) is 4.98 Å². The van der Waals surface area contributed by atoms with Gasteiger partial charge in [-0.3, -0.25) is 4.55 Å².